The predicted octanol–water partition coefficient (Wildman–Crippen LogP) is 1.59. The summed E-state index contributed by atoms with van der Waals surface area (Å²) in [5.41, 5.74) is 1.73. The molecular weight excluding hydrogens is 274 g/mol. The third kappa shape index (κ3) is 5.84. The lowest BCUT2D eigenvalue weighted by molar-refractivity contribution is -0.119. The number of nitrogens with one attached hydrogen (secondary N) is 1. The van der Waals surface area contributed by atoms with Crippen LogP contribution in [0.5, 0.6) is 0 Å². The molecule has 0 aliphatic carbocycles. The van der Waals surface area contributed by atoms with Crippen LogP contribution in [0.3, 0.4) is 0 Å². The summed E-state index contributed by atoms with van der Waals surface area (Å²) in [7, 11) is -1.21. The average molecular weight is 297 g/mol. The van der Waals surface area contributed by atoms with E-state index < -0.39 is 10.8 Å². The number of amides is 1. The van der Waals surface area contributed by atoms with Crippen LogP contribution in [0, 0.1) is 5.92 Å². The van der Waals surface area contributed by atoms with Gasteiger partial charge in [-0.2, -0.15) is 0 Å². The van der Waals surface area contributed by atoms with Crippen molar-refractivity contribution in [3.63, 3.8) is 0 Å². The zero-order chi connectivity index (χ0) is 15.1. The highest BCUT2D eigenvalue weighted by Crippen LogP contribution is 2.07. The van der Waals surface area contributed by atoms with Crippen molar-refractivity contribution in [3.8, 4) is 0 Å². The first-order chi connectivity index (χ1) is 9.42. The first-order valence-electron chi connectivity index (χ1n) is 6.75. The molecule has 1 amide bonds. The first-order valence-corrected chi connectivity index (χ1v) is 8.24. The summed E-state index contributed by atoms with van der Waals surface area (Å²) in [5, 5.41) is 11.8. The SMILES string of the molecule is CC(C)C(C)NC(=O)CS(=O)Cc1ccc(CO)cc1. The van der Waals surface area contributed by atoms with Gasteiger partial charge in [0.15, 0.2) is 0 Å². The highest BCUT2D eigenvalue weighted by Gasteiger charge is 2.13. The fourth-order valence-electron chi connectivity index (χ4n) is 1.59. The summed E-state index contributed by atoms with van der Waals surface area (Å²) in [6.45, 7) is 6.01. The maximum atomic E-state index is 11.9. The number of carbonyl (C=O) groups excluding carboxylic acids is 1. The van der Waals surface area contributed by atoms with Gasteiger partial charge in [0, 0.05) is 22.6 Å². The van der Waals surface area contributed by atoms with E-state index in [2.05, 4.69) is 5.32 Å². The van der Waals surface area contributed by atoms with Gasteiger partial charge in [-0.1, -0.05) is 38.1 Å². The Morgan fingerprint density at radius 3 is 2.25 bits per heavy atom. The second-order valence-electron chi connectivity index (χ2n) is 5.30. The lowest BCUT2D eigenvalue weighted by Gasteiger charge is -2.17. The maximum Gasteiger partial charge on any atom is 0.232 e. The Morgan fingerprint density at radius 1 is 1.20 bits per heavy atom. The molecule has 2 atom stereocenters. The normalized spacial score (nSPS) is 14.1. The zero-order valence-electron chi connectivity index (χ0n) is 12.3. The molecule has 1 rings (SSSR count). The highest BCUT2D eigenvalue weighted by molar-refractivity contribution is 7.84. The molecule has 0 radical (unpaired) electrons. The molecule has 5 heteroatoms. The van der Waals surface area contributed by atoms with E-state index >= 15 is 0 Å². The molecule has 0 aromatic heterocycles. The van der Waals surface area contributed by atoms with Gasteiger partial charge < -0.3 is 10.4 Å². The van der Waals surface area contributed by atoms with Crippen LogP contribution in [0.2, 0.25) is 0 Å². The Balaban J connectivity index is 2.44. The van der Waals surface area contributed by atoms with Gasteiger partial charge in [0.25, 0.3) is 0 Å². The monoisotopic (exact) mass is 297 g/mol. The van der Waals surface area contributed by atoms with Crippen molar-refractivity contribution in [3.05, 3.63) is 35.4 Å². The lowest BCUT2D eigenvalue weighted by atomic mass is 10.1. The van der Waals surface area contributed by atoms with Crippen molar-refractivity contribution >= 4 is 16.7 Å². The third-order valence-electron chi connectivity index (χ3n) is 3.21. The number of carbonyl (C=O) groups is 1. The summed E-state index contributed by atoms with van der Waals surface area (Å²) < 4.78 is 11.9. The molecule has 2 unspecified atom stereocenters. The molecule has 0 aliphatic rings. The second-order valence-corrected chi connectivity index (χ2v) is 6.76. The van der Waals surface area contributed by atoms with E-state index in [1.165, 1.54) is 0 Å². The number of hydrogen-bond donors (Lipinski definition) is 2. The van der Waals surface area contributed by atoms with Crippen LogP contribution in [0.4, 0.5) is 0 Å². The number of aliphatic hydroxyl groups is 1. The number of hydrogen-bond acceptors (Lipinski definition) is 3. The van der Waals surface area contributed by atoms with Crippen molar-refractivity contribution < 1.29 is 14.1 Å². The molecule has 0 saturated heterocycles. The Labute approximate surface area is 123 Å². The van der Waals surface area contributed by atoms with Crippen LogP contribution in [0.15, 0.2) is 24.3 Å². The van der Waals surface area contributed by atoms with Gasteiger partial charge >= 0.3 is 0 Å². The summed E-state index contributed by atoms with van der Waals surface area (Å²) in [5.74, 6) is 0.573. The van der Waals surface area contributed by atoms with E-state index in [9.17, 15) is 9.00 Å². The van der Waals surface area contributed by atoms with Gasteiger partial charge in [0.1, 0.15) is 5.75 Å². The summed E-state index contributed by atoms with van der Waals surface area (Å²) in [6, 6.07) is 7.35. The van der Waals surface area contributed by atoms with Crippen molar-refractivity contribution in [2.75, 3.05) is 5.75 Å². The Kier molecular flexibility index (Phi) is 6.88. The van der Waals surface area contributed by atoms with Gasteiger partial charge in [-0.3, -0.25) is 9.00 Å². The van der Waals surface area contributed by atoms with Crippen LogP contribution in [0.25, 0.3) is 0 Å². The summed E-state index contributed by atoms with van der Waals surface area (Å²) >= 11 is 0. The lowest BCUT2D eigenvalue weighted by Crippen LogP contribution is -2.38. The Morgan fingerprint density at radius 2 is 1.75 bits per heavy atom. The number of benzene rings is 1. The van der Waals surface area contributed by atoms with Gasteiger partial charge in [-0.05, 0) is 24.0 Å². The van der Waals surface area contributed by atoms with Gasteiger partial charge in [0.05, 0.1) is 6.61 Å². The fraction of sp³-hybridized carbons (Fsp3) is 0.533. The molecular formula is C15H23NO3S. The minimum atomic E-state index is -1.21. The fourth-order valence-corrected chi connectivity index (χ4v) is 2.63. The molecule has 1 aromatic carbocycles. The van der Waals surface area contributed by atoms with E-state index in [1.807, 2.05) is 32.9 Å². The topological polar surface area (TPSA) is 66.4 Å². The van der Waals surface area contributed by atoms with Crippen LogP contribution < -0.4 is 5.32 Å². The molecule has 2 N–H and O–H groups in total. The van der Waals surface area contributed by atoms with Crippen molar-refractivity contribution in [2.45, 2.75) is 39.2 Å². The van der Waals surface area contributed by atoms with Crippen molar-refractivity contribution in [1.29, 1.82) is 0 Å². The molecule has 20 heavy (non-hydrogen) atoms. The molecule has 0 saturated carbocycles. The van der Waals surface area contributed by atoms with Crippen LogP contribution in [-0.4, -0.2) is 27.0 Å². The number of aliphatic hydroxyl groups excluding tert-OH is 1. The molecule has 112 valence electrons. The third-order valence-corrected chi connectivity index (χ3v) is 4.45. The minimum absolute atomic E-state index is 0.00113. The molecule has 0 bridgehead atoms. The van der Waals surface area contributed by atoms with E-state index in [4.69, 9.17) is 5.11 Å². The molecule has 0 fully saturated rings. The van der Waals surface area contributed by atoms with Gasteiger partial charge in [0.2, 0.25) is 5.91 Å². The van der Waals surface area contributed by atoms with E-state index in [-0.39, 0.29) is 24.3 Å². The van der Waals surface area contributed by atoms with E-state index in [0.29, 0.717) is 11.7 Å². The standard InChI is InChI=1S/C15H23NO3S/c1-11(2)12(3)16-15(18)10-20(19)9-14-6-4-13(8-17)5-7-14/h4-7,11-12,17H,8-10H2,1-3H3,(H,16,18). The molecule has 1 aromatic rings. The zero-order valence-corrected chi connectivity index (χ0v) is 13.1. The largest absolute Gasteiger partial charge is 0.392 e. The molecule has 0 spiro atoms. The van der Waals surface area contributed by atoms with Gasteiger partial charge in [-0.15, -0.1) is 0 Å². The second kappa shape index (κ2) is 8.17. The Hall–Kier alpha value is -1.20. The molecule has 0 heterocycles. The maximum absolute atomic E-state index is 11.9. The van der Waals surface area contributed by atoms with Crippen molar-refractivity contribution in [1.82, 2.24) is 5.32 Å². The van der Waals surface area contributed by atoms with Gasteiger partial charge in [-0.25, -0.2) is 0 Å². The summed E-state index contributed by atoms with van der Waals surface area (Å²) in [4.78, 5) is 11.7. The number of rotatable bonds is 7. The first kappa shape index (κ1) is 16.9. The summed E-state index contributed by atoms with van der Waals surface area (Å²) in [6.07, 6.45) is 0. The Bertz CT molecular complexity index is 457. The van der Waals surface area contributed by atoms with Crippen LogP contribution in [-0.2, 0) is 28.0 Å². The van der Waals surface area contributed by atoms with E-state index in [1.54, 1.807) is 12.1 Å². The van der Waals surface area contributed by atoms with Crippen LogP contribution >= 0.6 is 0 Å². The van der Waals surface area contributed by atoms with E-state index in [0.717, 1.165) is 11.1 Å². The van der Waals surface area contributed by atoms with Crippen LogP contribution in [0.1, 0.15) is 31.9 Å². The highest BCUT2D eigenvalue weighted by atomic mass is 32.2. The molecule has 4 nitrogen and oxygen atoms in total. The molecule has 0 aliphatic heterocycles. The average Bonchev–Trinajstić information content (AvgIpc) is 2.39. The predicted molar refractivity (Wildman–Crippen MR) is 81.5 cm³/mol. The smallest absolute Gasteiger partial charge is 0.232 e. The minimum Gasteiger partial charge on any atom is -0.392 e. The van der Waals surface area contributed by atoms with Crippen molar-refractivity contribution in [2.24, 2.45) is 5.92 Å². The quantitative estimate of drug-likeness (QED) is 0.803.